The molecule has 1 aliphatic heterocycles. The Kier molecular flexibility index (Phi) is 7.19. The molecule has 1 amide bonds. The second-order valence-corrected chi connectivity index (χ2v) is 9.07. The van der Waals surface area contributed by atoms with E-state index in [9.17, 15) is 13.2 Å². The van der Waals surface area contributed by atoms with E-state index in [1.807, 2.05) is 4.90 Å². The lowest BCUT2D eigenvalue weighted by atomic mass is 10.2. The van der Waals surface area contributed by atoms with Crippen LogP contribution in [-0.4, -0.2) is 70.5 Å². The molecule has 1 saturated heterocycles. The van der Waals surface area contributed by atoms with Gasteiger partial charge in [0, 0.05) is 38.3 Å². The molecule has 1 fully saturated rings. The van der Waals surface area contributed by atoms with E-state index < -0.39 is 10.0 Å². The van der Waals surface area contributed by atoms with Gasteiger partial charge in [0.25, 0.3) is 0 Å². The number of piperazine rings is 1. The summed E-state index contributed by atoms with van der Waals surface area (Å²) in [5, 5.41) is 3.18. The second-order valence-electron chi connectivity index (χ2n) is 6.73. The van der Waals surface area contributed by atoms with Crippen LogP contribution in [0.2, 0.25) is 5.02 Å². The molecule has 0 radical (unpaired) electrons. The largest absolute Gasteiger partial charge is 0.495 e. The van der Waals surface area contributed by atoms with Gasteiger partial charge >= 0.3 is 0 Å². The summed E-state index contributed by atoms with van der Waals surface area (Å²) in [6.45, 7) is 1.69. The molecule has 0 unspecified atom stereocenters. The van der Waals surface area contributed by atoms with Gasteiger partial charge in [-0.3, -0.25) is 9.69 Å². The highest BCUT2D eigenvalue weighted by molar-refractivity contribution is 7.89. The Bertz CT molecular complexity index is 993. The topological polar surface area (TPSA) is 88.2 Å². The first-order valence-corrected chi connectivity index (χ1v) is 11.2. The van der Waals surface area contributed by atoms with Crippen LogP contribution in [0.25, 0.3) is 0 Å². The average molecular weight is 454 g/mol. The molecule has 8 nitrogen and oxygen atoms in total. The van der Waals surface area contributed by atoms with E-state index in [0.29, 0.717) is 48.4 Å². The number of methoxy groups -OCH3 is 2. The third-order valence-electron chi connectivity index (χ3n) is 4.83. The molecular weight excluding hydrogens is 430 g/mol. The van der Waals surface area contributed by atoms with Gasteiger partial charge < -0.3 is 14.8 Å². The second kappa shape index (κ2) is 9.65. The molecule has 0 aliphatic carbocycles. The number of rotatable bonds is 7. The van der Waals surface area contributed by atoms with E-state index in [-0.39, 0.29) is 17.3 Å². The molecule has 0 atom stereocenters. The molecule has 10 heteroatoms. The minimum atomic E-state index is -3.52. The quantitative estimate of drug-likeness (QED) is 0.692. The van der Waals surface area contributed by atoms with E-state index >= 15 is 0 Å². The number of anilines is 1. The number of halogens is 1. The molecule has 2 aromatic carbocycles. The van der Waals surface area contributed by atoms with Gasteiger partial charge in [0.1, 0.15) is 11.5 Å². The predicted octanol–water partition coefficient (Wildman–Crippen LogP) is 2.30. The number of nitrogens with zero attached hydrogens (tertiary/aromatic N) is 2. The zero-order valence-electron chi connectivity index (χ0n) is 16.8. The van der Waals surface area contributed by atoms with Crippen LogP contribution in [0.3, 0.4) is 0 Å². The Morgan fingerprint density at radius 3 is 2.27 bits per heavy atom. The van der Waals surface area contributed by atoms with Gasteiger partial charge in [0.2, 0.25) is 15.9 Å². The number of hydrogen-bond acceptors (Lipinski definition) is 6. The van der Waals surface area contributed by atoms with E-state index in [2.05, 4.69) is 5.32 Å². The van der Waals surface area contributed by atoms with Crippen molar-refractivity contribution in [2.75, 3.05) is 52.3 Å². The first-order valence-electron chi connectivity index (χ1n) is 9.34. The molecule has 0 aromatic heterocycles. The monoisotopic (exact) mass is 453 g/mol. The summed E-state index contributed by atoms with van der Waals surface area (Å²) in [5.41, 5.74) is 0.453. The van der Waals surface area contributed by atoms with Crippen molar-refractivity contribution in [1.82, 2.24) is 9.21 Å². The summed E-state index contributed by atoms with van der Waals surface area (Å²) in [6, 6.07) is 11.5. The fraction of sp³-hybridized carbons (Fsp3) is 0.350. The Morgan fingerprint density at radius 1 is 1.03 bits per heavy atom. The molecule has 0 bridgehead atoms. The van der Waals surface area contributed by atoms with Gasteiger partial charge in [-0.05, 0) is 12.1 Å². The SMILES string of the molecule is COc1cc(NC(=O)CN2CCN(S(=O)(=O)c3ccccc3)CC2)c(OC)cc1Cl. The highest BCUT2D eigenvalue weighted by Gasteiger charge is 2.29. The zero-order valence-corrected chi connectivity index (χ0v) is 18.4. The summed E-state index contributed by atoms with van der Waals surface area (Å²) in [4.78, 5) is 14.7. The van der Waals surface area contributed by atoms with Crippen molar-refractivity contribution in [2.45, 2.75) is 4.90 Å². The van der Waals surface area contributed by atoms with Gasteiger partial charge in [-0.2, -0.15) is 4.31 Å². The molecule has 0 spiro atoms. The first-order chi connectivity index (χ1) is 14.3. The fourth-order valence-corrected chi connectivity index (χ4v) is 4.89. The molecule has 1 N–H and O–H groups in total. The lowest BCUT2D eigenvalue weighted by Crippen LogP contribution is -2.50. The number of sulfonamides is 1. The number of ether oxygens (including phenoxy) is 2. The van der Waals surface area contributed by atoms with Crippen molar-refractivity contribution in [1.29, 1.82) is 0 Å². The van der Waals surface area contributed by atoms with Gasteiger partial charge in [-0.1, -0.05) is 29.8 Å². The molecular formula is C20H24ClN3O5S. The molecule has 0 saturated carbocycles. The minimum Gasteiger partial charge on any atom is -0.495 e. The molecule has 1 aliphatic rings. The summed E-state index contributed by atoms with van der Waals surface area (Å²) < 4.78 is 37.3. The third kappa shape index (κ3) is 5.04. The van der Waals surface area contributed by atoms with Crippen LogP contribution < -0.4 is 14.8 Å². The third-order valence-corrected chi connectivity index (χ3v) is 7.04. The summed E-state index contributed by atoms with van der Waals surface area (Å²) in [7, 11) is -0.545. The fourth-order valence-electron chi connectivity index (χ4n) is 3.22. The zero-order chi connectivity index (χ0) is 21.7. The van der Waals surface area contributed by atoms with Gasteiger partial charge in [-0.25, -0.2) is 8.42 Å². The Labute approximate surface area is 181 Å². The summed E-state index contributed by atoms with van der Waals surface area (Å²) in [5.74, 6) is 0.609. The Hall–Kier alpha value is -2.33. The number of hydrogen-bond donors (Lipinski definition) is 1. The summed E-state index contributed by atoms with van der Waals surface area (Å²) >= 11 is 6.09. The van der Waals surface area contributed by atoms with Crippen molar-refractivity contribution in [3.8, 4) is 11.5 Å². The number of carbonyl (C=O) groups excluding carboxylic acids is 1. The highest BCUT2D eigenvalue weighted by atomic mass is 35.5. The van der Waals surface area contributed by atoms with E-state index in [1.54, 1.807) is 42.5 Å². The Morgan fingerprint density at radius 2 is 1.67 bits per heavy atom. The molecule has 1 heterocycles. The van der Waals surface area contributed by atoms with Crippen molar-refractivity contribution in [3.63, 3.8) is 0 Å². The number of benzene rings is 2. The van der Waals surface area contributed by atoms with Crippen molar-refractivity contribution < 1.29 is 22.7 Å². The van der Waals surface area contributed by atoms with Crippen molar-refractivity contribution >= 4 is 33.2 Å². The van der Waals surface area contributed by atoms with Crippen LogP contribution in [0.5, 0.6) is 11.5 Å². The van der Waals surface area contributed by atoms with Crippen molar-refractivity contribution in [2.24, 2.45) is 0 Å². The van der Waals surface area contributed by atoms with Crippen LogP contribution in [0.1, 0.15) is 0 Å². The van der Waals surface area contributed by atoms with Gasteiger partial charge in [0.05, 0.1) is 36.4 Å². The molecule has 2 aromatic rings. The maximum Gasteiger partial charge on any atom is 0.243 e. The first kappa shape index (κ1) is 22.4. The highest BCUT2D eigenvalue weighted by Crippen LogP contribution is 2.35. The molecule has 30 heavy (non-hydrogen) atoms. The molecule has 162 valence electrons. The lowest BCUT2D eigenvalue weighted by Gasteiger charge is -2.33. The smallest absolute Gasteiger partial charge is 0.243 e. The maximum atomic E-state index is 12.7. The lowest BCUT2D eigenvalue weighted by molar-refractivity contribution is -0.117. The van der Waals surface area contributed by atoms with Crippen molar-refractivity contribution in [3.05, 3.63) is 47.5 Å². The van der Waals surface area contributed by atoms with Gasteiger partial charge in [-0.15, -0.1) is 0 Å². The normalized spacial score (nSPS) is 15.6. The summed E-state index contributed by atoms with van der Waals surface area (Å²) in [6.07, 6.45) is 0. The van der Waals surface area contributed by atoms with Crippen LogP contribution in [0, 0.1) is 0 Å². The van der Waals surface area contributed by atoms with Crippen LogP contribution in [-0.2, 0) is 14.8 Å². The number of carbonyl (C=O) groups is 1. The van der Waals surface area contributed by atoms with E-state index in [1.165, 1.54) is 18.5 Å². The van der Waals surface area contributed by atoms with E-state index in [0.717, 1.165) is 0 Å². The molecule has 3 rings (SSSR count). The van der Waals surface area contributed by atoms with Crippen LogP contribution in [0.4, 0.5) is 5.69 Å². The Balaban J connectivity index is 1.59. The van der Waals surface area contributed by atoms with Crippen LogP contribution >= 0.6 is 11.6 Å². The van der Waals surface area contributed by atoms with Crippen LogP contribution in [0.15, 0.2) is 47.4 Å². The van der Waals surface area contributed by atoms with E-state index in [4.69, 9.17) is 21.1 Å². The van der Waals surface area contributed by atoms with Gasteiger partial charge in [0.15, 0.2) is 0 Å². The number of nitrogens with one attached hydrogen (secondary N) is 1. The predicted molar refractivity (Wildman–Crippen MR) is 115 cm³/mol. The maximum absolute atomic E-state index is 12.7. The standard InChI is InChI=1S/C20H24ClN3O5S/c1-28-18-13-17(19(29-2)12-16(18)21)22-20(25)14-23-8-10-24(11-9-23)30(26,27)15-6-4-3-5-7-15/h3-7,12-13H,8-11,14H2,1-2H3,(H,22,25). The average Bonchev–Trinajstić information content (AvgIpc) is 2.75. The minimum absolute atomic E-state index is 0.132. The number of amides is 1.